The van der Waals surface area contributed by atoms with Gasteiger partial charge < -0.3 is 10.0 Å². The zero-order valence-corrected chi connectivity index (χ0v) is 12.7. The summed E-state index contributed by atoms with van der Waals surface area (Å²) in [5, 5.41) is 18.3. The van der Waals surface area contributed by atoms with Crippen LogP contribution in [0.5, 0.6) is 0 Å². The van der Waals surface area contributed by atoms with Crippen LogP contribution >= 0.6 is 11.6 Å². The molecule has 1 aromatic heterocycles. The summed E-state index contributed by atoms with van der Waals surface area (Å²) in [6, 6.07) is 8.35. The van der Waals surface area contributed by atoms with Crippen LogP contribution in [-0.4, -0.2) is 28.4 Å². The molecule has 1 saturated heterocycles. The average Bonchev–Trinajstić information content (AvgIpc) is 2.58. The van der Waals surface area contributed by atoms with Crippen LogP contribution in [0.3, 0.4) is 0 Å². The molecular formula is C16H17ClFN3O. The lowest BCUT2D eigenvalue weighted by Gasteiger charge is -2.35. The third-order valence-corrected chi connectivity index (χ3v) is 4.44. The molecule has 116 valence electrons. The van der Waals surface area contributed by atoms with Crippen molar-refractivity contribution < 1.29 is 9.50 Å². The first kappa shape index (κ1) is 15.2. The quantitative estimate of drug-likeness (QED) is 0.943. The molecule has 1 atom stereocenters. The second-order valence-corrected chi connectivity index (χ2v) is 5.92. The summed E-state index contributed by atoms with van der Waals surface area (Å²) in [6.45, 7) is 1.59. The van der Waals surface area contributed by atoms with E-state index in [1.807, 2.05) is 0 Å². The molecule has 4 nitrogen and oxygen atoms in total. The zero-order chi connectivity index (χ0) is 15.5. The van der Waals surface area contributed by atoms with Crippen LogP contribution in [0.4, 0.5) is 10.1 Å². The predicted molar refractivity (Wildman–Crippen MR) is 83.3 cm³/mol. The van der Waals surface area contributed by atoms with Crippen LogP contribution in [0.25, 0.3) is 0 Å². The largest absolute Gasteiger partial charge is 0.386 e. The summed E-state index contributed by atoms with van der Waals surface area (Å²) >= 11 is 5.84. The summed E-state index contributed by atoms with van der Waals surface area (Å²) in [4.78, 5) is 2.16. The van der Waals surface area contributed by atoms with Crippen molar-refractivity contribution in [1.82, 2.24) is 10.2 Å². The molecular weight excluding hydrogens is 305 g/mol. The highest BCUT2D eigenvalue weighted by molar-refractivity contribution is 6.31. The molecule has 2 aromatic rings. The van der Waals surface area contributed by atoms with Gasteiger partial charge in [0.2, 0.25) is 0 Å². The van der Waals surface area contributed by atoms with Crippen LogP contribution < -0.4 is 4.90 Å². The number of halogens is 2. The number of aliphatic hydroxyl groups excluding tert-OH is 1. The van der Waals surface area contributed by atoms with Gasteiger partial charge in [0.05, 0.1) is 10.7 Å². The van der Waals surface area contributed by atoms with Crippen molar-refractivity contribution in [2.75, 3.05) is 18.0 Å². The number of piperidine rings is 1. The van der Waals surface area contributed by atoms with Crippen LogP contribution in [-0.2, 0) is 0 Å². The summed E-state index contributed by atoms with van der Waals surface area (Å²) in [5.74, 6) is -0.248. The van der Waals surface area contributed by atoms with E-state index < -0.39 is 11.9 Å². The molecule has 22 heavy (non-hydrogen) atoms. The second kappa shape index (κ2) is 6.58. The third kappa shape index (κ3) is 3.20. The SMILES string of the molecule is OC(c1cccnn1)C1CCN(c2ccc(F)c(Cl)c2)CC1. The lowest BCUT2D eigenvalue weighted by atomic mass is 9.89. The number of hydrogen-bond donors (Lipinski definition) is 1. The Hall–Kier alpha value is -1.72. The van der Waals surface area contributed by atoms with Gasteiger partial charge in [-0.05, 0) is 49.1 Å². The molecule has 0 radical (unpaired) electrons. The molecule has 6 heteroatoms. The molecule has 0 bridgehead atoms. The Morgan fingerprint density at radius 2 is 2.05 bits per heavy atom. The fourth-order valence-corrected chi connectivity index (χ4v) is 3.04. The molecule has 0 saturated carbocycles. The average molecular weight is 322 g/mol. The molecule has 3 rings (SSSR count). The number of hydrogen-bond acceptors (Lipinski definition) is 4. The highest BCUT2D eigenvalue weighted by Crippen LogP contribution is 2.32. The molecule has 0 spiro atoms. The Morgan fingerprint density at radius 3 is 2.68 bits per heavy atom. The summed E-state index contributed by atoms with van der Waals surface area (Å²) < 4.78 is 13.2. The normalized spacial score (nSPS) is 17.5. The van der Waals surface area contributed by atoms with Crippen LogP contribution in [0.1, 0.15) is 24.6 Å². The lowest BCUT2D eigenvalue weighted by molar-refractivity contribution is 0.0882. The van der Waals surface area contributed by atoms with E-state index in [1.165, 1.54) is 6.07 Å². The van der Waals surface area contributed by atoms with E-state index in [-0.39, 0.29) is 10.9 Å². The molecule has 1 aliphatic rings. The van der Waals surface area contributed by atoms with Gasteiger partial charge in [-0.1, -0.05) is 11.6 Å². The predicted octanol–water partition coefficient (Wildman–Crippen LogP) is 3.22. The third-order valence-electron chi connectivity index (χ3n) is 4.15. The van der Waals surface area contributed by atoms with Crippen LogP contribution in [0.2, 0.25) is 5.02 Å². The molecule has 1 unspecified atom stereocenters. The van der Waals surface area contributed by atoms with Crippen LogP contribution in [0.15, 0.2) is 36.5 Å². The number of rotatable bonds is 3. The van der Waals surface area contributed by atoms with E-state index in [1.54, 1.807) is 30.5 Å². The first-order chi connectivity index (χ1) is 10.6. The van der Waals surface area contributed by atoms with Crippen molar-refractivity contribution in [3.8, 4) is 0 Å². The van der Waals surface area contributed by atoms with Crippen molar-refractivity contribution in [1.29, 1.82) is 0 Å². The molecule has 1 aliphatic heterocycles. The van der Waals surface area contributed by atoms with Gasteiger partial charge in [0.1, 0.15) is 11.9 Å². The van der Waals surface area contributed by atoms with Crippen molar-refractivity contribution >= 4 is 17.3 Å². The van der Waals surface area contributed by atoms with Gasteiger partial charge in [0.25, 0.3) is 0 Å². The summed E-state index contributed by atoms with van der Waals surface area (Å²) in [6.07, 6.45) is 2.68. The Morgan fingerprint density at radius 1 is 1.27 bits per heavy atom. The lowest BCUT2D eigenvalue weighted by Crippen LogP contribution is -2.35. The Bertz CT molecular complexity index is 633. The minimum atomic E-state index is -0.590. The van der Waals surface area contributed by atoms with Gasteiger partial charge in [-0.3, -0.25) is 0 Å². The van der Waals surface area contributed by atoms with Gasteiger partial charge in [-0.15, -0.1) is 0 Å². The molecule has 2 heterocycles. The number of aromatic nitrogens is 2. The van der Waals surface area contributed by atoms with Crippen molar-refractivity contribution in [3.05, 3.63) is 53.1 Å². The maximum Gasteiger partial charge on any atom is 0.141 e. The number of aliphatic hydroxyl groups is 1. The Kier molecular flexibility index (Phi) is 4.55. The van der Waals surface area contributed by atoms with E-state index in [0.717, 1.165) is 31.6 Å². The van der Waals surface area contributed by atoms with E-state index in [4.69, 9.17) is 11.6 Å². The standard InChI is InChI=1S/C16H17ClFN3O/c17-13-10-12(3-4-14(13)18)21-8-5-11(6-9-21)16(22)15-2-1-7-19-20-15/h1-4,7,10-11,16,22H,5-6,8-9H2. The van der Waals surface area contributed by atoms with Crippen molar-refractivity contribution in [2.24, 2.45) is 5.92 Å². The smallest absolute Gasteiger partial charge is 0.141 e. The Balaban J connectivity index is 1.64. The minimum Gasteiger partial charge on any atom is -0.386 e. The number of benzene rings is 1. The van der Waals surface area contributed by atoms with Gasteiger partial charge >= 0.3 is 0 Å². The molecule has 1 aromatic carbocycles. The highest BCUT2D eigenvalue weighted by atomic mass is 35.5. The van der Waals surface area contributed by atoms with Crippen molar-refractivity contribution in [2.45, 2.75) is 18.9 Å². The fourth-order valence-electron chi connectivity index (χ4n) is 2.87. The van der Waals surface area contributed by atoms with Gasteiger partial charge in [-0.25, -0.2) is 4.39 Å². The molecule has 0 aliphatic carbocycles. The van der Waals surface area contributed by atoms with E-state index >= 15 is 0 Å². The number of nitrogens with zero attached hydrogens (tertiary/aromatic N) is 3. The van der Waals surface area contributed by atoms with Crippen molar-refractivity contribution in [3.63, 3.8) is 0 Å². The summed E-state index contributed by atoms with van der Waals surface area (Å²) in [5.41, 5.74) is 1.53. The molecule has 1 fully saturated rings. The topological polar surface area (TPSA) is 49.3 Å². The monoisotopic (exact) mass is 321 g/mol. The van der Waals surface area contributed by atoms with Crippen LogP contribution in [0, 0.1) is 11.7 Å². The maximum absolute atomic E-state index is 13.2. The van der Waals surface area contributed by atoms with E-state index in [9.17, 15) is 9.50 Å². The van der Waals surface area contributed by atoms with Gasteiger partial charge in [-0.2, -0.15) is 10.2 Å². The Labute approximate surface area is 133 Å². The summed E-state index contributed by atoms with van der Waals surface area (Å²) in [7, 11) is 0. The van der Waals surface area contributed by atoms with E-state index in [0.29, 0.717) is 5.69 Å². The highest BCUT2D eigenvalue weighted by Gasteiger charge is 2.27. The molecule has 0 amide bonds. The second-order valence-electron chi connectivity index (χ2n) is 5.52. The zero-order valence-electron chi connectivity index (χ0n) is 12.0. The van der Waals surface area contributed by atoms with E-state index in [2.05, 4.69) is 15.1 Å². The maximum atomic E-state index is 13.2. The first-order valence-corrected chi connectivity index (χ1v) is 7.68. The first-order valence-electron chi connectivity index (χ1n) is 7.31. The number of anilines is 1. The molecule has 1 N–H and O–H groups in total. The fraction of sp³-hybridized carbons (Fsp3) is 0.375. The van der Waals surface area contributed by atoms with Gasteiger partial charge in [0, 0.05) is 25.0 Å². The minimum absolute atomic E-state index is 0.138. The van der Waals surface area contributed by atoms with Gasteiger partial charge in [0.15, 0.2) is 0 Å².